The van der Waals surface area contributed by atoms with Gasteiger partial charge in [-0.25, -0.2) is 15.0 Å². The fourth-order valence-corrected chi connectivity index (χ4v) is 2.94. The van der Waals surface area contributed by atoms with Gasteiger partial charge in [-0.15, -0.1) is 0 Å². The molecule has 0 amide bonds. The number of imidazole rings is 3. The number of aromatic amines is 3. The van der Waals surface area contributed by atoms with Gasteiger partial charge in [-0.2, -0.15) is 0 Å². The van der Waals surface area contributed by atoms with Gasteiger partial charge in [0.1, 0.15) is 17.5 Å². The Hall–Kier alpha value is -1.92. The third kappa shape index (κ3) is 5.04. The first-order valence-electron chi connectivity index (χ1n) is 7.65. The SMILES string of the molecule is [AlH2][N](CCN(Cc1ncc[nH]1)Cc1ncc[nH]1)Cc1ncc[nH]1. The van der Waals surface area contributed by atoms with Crippen molar-refractivity contribution in [3.05, 3.63) is 54.7 Å². The zero-order valence-electron chi connectivity index (χ0n) is 13.2. The first kappa shape index (κ1) is 16.0. The smallest absolute Gasteiger partial charge is 0.322 e. The van der Waals surface area contributed by atoms with E-state index >= 15 is 0 Å². The van der Waals surface area contributed by atoms with Gasteiger partial charge >= 0.3 is 16.5 Å². The molecule has 0 saturated carbocycles. The molecule has 0 saturated heterocycles. The molecule has 3 N–H and O–H groups in total. The predicted octanol–water partition coefficient (Wildman–Crippen LogP) is -0.0916. The molecule has 0 unspecified atom stereocenters. The molecular weight excluding hydrogens is 307 g/mol. The Labute approximate surface area is 143 Å². The van der Waals surface area contributed by atoms with E-state index in [-0.39, 0.29) is 0 Å². The van der Waals surface area contributed by atoms with Crippen LogP contribution in [-0.4, -0.2) is 68.3 Å². The lowest BCUT2D eigenvalue weighted by molar-refractivity contribution is 0.224. The number of H-pyrrole nitrogens is 3. The molecule has 0 bridgehead atoms. The monoisotopic (exact) mass is 328 g/mol. The number of rotatable bonds is 9. The van der Waals surface area contributed by atoms with Crippen LogP contribution in [0, 0.1) is 0 Å². The van der Waals surface area contributed by atoms with Crippen LogP contribution >= 0.6 is 0 Å². The van der Waals surface area contributed by atoms with Crippen LogP contribution < -0.4 is 0 Å². The van der Waals surface area contributed by atoms with Gasteiger partial charge in [0.2, 0.25) is 0 Å². The summed E-state index contributed by atoms with van der Waals surface area (Å²) in [4.78, 5) is 24.8. The highest BCUT2D eigenvalue weighted by atomic mass is 27.1. The lowest BCUT2D eigenvalue weighted by Crippen LogP contribution is -2.34. The molecule has 8 nitrogen and oxygen atoms in total. The molecule has 0 spiro atoms. The van der Waals surface area contributed by atoms with E-state index in [9.17, 15) is 0 Å². The molecule has 120 valence electrons. The second kappa shape index (κ2) is 8.08. The Balaban J connectivity index is 1.54. The van der Waals surface area contributed by atoms with Crippen molar-refractivity contribution in [2.24, 2.45) is 0 Å². The minimum absolute atomic E-state index is 0.782. The third-order valence-electron chi connectivity index (χ3n) is 3.63. The molecule has 0 aliphatic rings. The normalized spacial score (nSPS) is 11.6. The molecule has 0 fully saturated rings. The van der Waals surface area contributed by atoms with E-state index in [1.54, 1.807) is 18.6 Å². The number of hydrogen-bond donors (Lipinski definition) is 3. The van der Waals surface area contributed by atoms with Crippen molar-refractivity contribution in [1.29, 1.82) is 0 Å². The maximum Gasteiger partial charge on any atom is 0.322 e. The Bertz CT molecular complexity index is 613. The van der Waals surface area contributed by atoms with Crippen molar-refractivity contribution in [1.82, 2.24) is 38.7 Å². The summed E-state index contributed by atoms with van der Waals surface area (Å²) in [5.41, 5.74) is 0. The zero-order valence-corrected chi connectivity index (χ0v) is 15.2. The van der Waals surface area contributed by atoms with Crippen LogP contribution in [0.25, 0.3) is 0 Å². The zero-order chi connectivity index (χ0) is 15.9. The first-order valence-corrected chi connectivity index (χ1v) is 8.54. The van der Waals surface area contributed by atoms with Gasteiger partial charge in [0, 0.05) is 50.3 Å². The molecule has 9 heteroatoms. The molecule has 3 rings (SSSR count). The van der Waals surface area contributed by atoms with Crippen molar-refractivity contribution < 1.29 is 0 Å². The molecule has 0 aliphatic carbocycles. The highest BCUT2D eigenvalue weighted by Gasteiger charge is 2.11. The minimum Gasteiger partial charge on any atom is -0.383 e. The van der Waals surface area contributed by atoms with E-state index < -0.39 is 0 Å². The summed E-state index contributed by atoms with van der Waals surface area (Å²) in [7, 11) is 0. The van der Waals surface area contributed by atoms with E-state index in [2.05, 4.69) is 38.7 Å². The lowest BCUT2D eigenvalue weighted by Gasteiger charge is -2.24. The molecule has 0 aliphatic heterocycles. The van der Waals surface area contributed by atoms with Crippen molar-refractivity contribution >= 4 is 16.5 Å². The van der Waals surface area contributed by atoms with Crippen LogP contribution in [0.4, 0.5) is 0 Å². The van der Waals surface area contributed by atoms with Crippen LogP contribution in [0.3, 0.4) is 0 Å². The molecule has 23 heavy (non-hydrogen) atoms. The largest absolute Gasteiger partial charge is 0.383 e. The van der Waals surface area contributed by atoms with Gasteiger partial charge in [0.05, 0.1) is 13.1 Å². The fourth-order valence-electron chi connectivity index (χ4n) is 2.44. The molecule has 0 radical (unpaired) electrons. The van der Waals surface area contributed by atoms with Crippen molar-refractivity contribution in [3.63, 3.8) is 0 Å². The van der Waals surface area contributed by atoms with Crippen LogP contribution in [0.15, 0.2) is 37.2 Å². The maximum absolute atomic E-state index is 4.33. The number of nitrogens with zero attached hydrogens (tertiary/aromatic N) is 5. The first-order chi connectivity index (χ1) is 11.3. The summed E-state index contributed by atoms with van der Waals surface area (Å²) in [5, 5.41) is 0. The molecule has 0 aromatic carbocycles. The number of hydrogen-bond acceptors (Lipinski definition) is 5. The van der Waals surface area contributed by atoms with Gasteiger partial charge in [-0.05, 0) is 6.54 Å². The average Bonchev–Trinajstić information content (AvgIpc) is 3.28. The van der Waals surface area contributed by atoms with Crippen molar-refractivity contribution in [2.75, 3.05) is 13.1 Å². The molecule has 3 aromatic rings. The Morgan fingerprint density at radius 2 is 1.22 bits per heavy atom. The van der Waals surface area contributed by atoms with Crippen molar-refractivity contribution in [2.45, 2.75) is 19.6 Å². The minimum atomic E-state index is 0.782. The van der Waals surface area contributed by atoms with E-state index in [4.69, 9.17) is 0 Å². The van der Waals surface area contributed by atoms with Gasteiger partial charge in [-0.3, -0.25) is 4.90 Å². The standard InChI is InChI=1S/C14H19N8.Al.2H/c1-2-17-12(16-1)9-15-7-8-22(10-13-18-3-4-19-13)11-14-20-5-6-21-14;;;/h1-6H,7-11H2,(H,16,17)(H,18,19)(H,20,21);;;/q-1;+1;;. The van der Waals surface area contributed by atoms with E-state index in [0.717, 1.165) is 66.7 Å². The molecular formula is C14H21AlN8. The highest BCUT2D eigenvalue weighted by Crippen LogP contribution is 2.05. The van der Waals surface area contributed by atoms with Crippen LogP contribution in [-0.2, 0) is 19.6 Å². The van der Waals surface area contributed by atoms with Crippen LogP contribution in [0.2, 0.25) is 0 Å². The quantitative estimate of drug-likeness (QED) is 0.477. The van der Waals surface area contributed by atoms with Crippen LogP contribution in [0.1, 0.15) is 17.5 Å². The Morgan fingerprint density at radius 3 is 1.65 bits per heavy atom. The predicted molar refractivity (Wildman–Crippen MR) is 88.8 cm³/mol. The van der Waals surface area contributed by atoms with E-state index in [0.29, 0.717) is 0 Å². The van der Waals surface area contributed by atoms with Gasteiger partial charge in [0.25, 0.3) is 0 Å². The van der Waals surface area contributed by atoms with E-state index in [1.807, 2.05) is 18.6 Å². The summed E-state index contributed by atoms with van der Waals surface area (Å²) in [5.74, 6) is 2.97. The van der Waals surface area contributed by atoms with Gasteiger partial charge in [0.15, 0.2) is 0 Å². The summed E-state index contributed by atoms with van der Waals surface area (Å²) in [6, 6.07) is 0. The number of aromatic nitrogens is 6. The second-order valence-electron chi connectivity index (χ2n) is 5.56. The third-order valence-corrected chi connectivity index (χ3v) is 4.39. The molecule has 3 aromatic heterocycles. The maximum atomic E-state index is 4.33. The highest BCUT2D eigenvalue weighted by molar-refractivity contribution is 6.04. The molecule has 3 heterocycles. The Kier molecular flexibility index (Phi) is 5.61. The summed E-state index contributed by atoms with van der Waals surface area (Å²) in [6.07, 6.45) is 11.0. The summed E-state index contributed by atoms with van der Waals surface area (Å²) < 4.78 is 2.39. The summed E-state index contributed by atoms with van der Waals surface area (Å²) in [6.45, 7) is 4.38. The molecule has 0 atom stereocenters. The average molecular weight is 328 g/mol. The second-order valence-corrected chi connectivity index (χ2v) is 6.82. The summed E-state index contributed by atoms with van der Waals surface area (Å²) >= 11 is 0.997. The lowest BCUT2D eigenvalue weighted by atomic mass is 10.4. The van der Waals surface area contributed by atoms with Gasteiger partial charge < -0.3 is 18.8 Å². The van der Waals surface area contributed by atoms with E-state index in [1.165, 1.54) is 0 Å². The Morgan fingerprint density at radius 1 is 0.739 bits per heavy atom. The van der Waals surface area contributed by atoms with Crippen molar-refractivity contribution in [3.8, 4) is 0 Å². The van der Waals surface area contributed by atoms with Gasteiger partial charge in [-0.1, -0.05) is 0 Å². The topological polar surface area (TPSA) is 92.5 Å². The van der Waals surface area contributed by atoms with Crippen LogP contribution in [0.5, 0.6) is 0 Å². The fraction of sp³-hybridized carbons (Fsp3) is 0.357. The number of nitrogens with one attached hydrogen (secondary N) is 3.